The van der Waals surface area contributed by atoms with Crippen molar-refractivity contribution in [2.75, 3.05) is 27.3 Å². The normalized spacial score (nSPS) is 11.0. The maximum Gasteiger partial charge on any atom is 0.308 e. The first kappa shape index (κ1) is 30.7. The molecule has 3 aromatic carbocycles. The third kappa shape index (κ3) is 7.32. The van der Waals surface area contributed by atoms with Gasteiger partial charge >= 0.3 is 5.97 Å². The van der Waals surface area contributed by atoms with E-state index in [1.807, 2.05) is 18.2 Å². The fourth-order valence-electron chi connectivity index (χ4n) is 5.34. The highest BCUT2D eigenvalue weighted by Crippen LogP contribution is 2.39. The highest BCUT2D eigenvalue weighted by atomic mass is 35.5. The standard InChI is InChI=1S/C35H35NO5.ClH/c1-25(37)41-35-28(20-30-24-40-19-17-32(30)35)16-18-36(22-29-14-15-31(38-2)21-34(29)39-3)23-33(26-10-6-4-7-11-26)27-12-8-5-9-13-27;/h4-15,17,19-21,24,33H,16,18,22-23H2,1-3H3;1H. The number of carbonyl (C=O) groups excluding carboxylic acids is 1. The lowest BCUT2D eigenvalue weighted by atomic mass is 9.90. The van der Waals surface area contributed by atoms with Crippen LogP contribution in [0.2, 0.25) is 0 Å². The molecule has 7 heteroatoms. The van der Waals surface area contributed by atoms with Crippen molar-refractivity contribution >= 4 is 18.4 Å². The maximum atomic E-state index is 12.0. The van der Waals surface area contributed by atoms with Gasteiger partial charge in [-0.15, -0.1) is 12.4 Å². The van der Waals surface area contributed by atoms with Gasteiger partial charge in [0.2, 0.25) is 0 Å². The lowest BCUT2D eigenvalue weighted by Crippen LogP contribution is -2.31. The Morgan fingerprint density at radius 2 is 1.55 bits per heavy atom. The third-order valence-electron chi connectivity index (χ3n) is 7.36. The van der Waals surface area contributed by atoms with E-state index in [2.05, 4.69) is 77.7 Å². The van der Waals surface area contributed by atoms with Gasteiger partial charge in [0.15, 0.2) is 0 Å². The molecule has 1 heterocycles. The summed E-state index contributed by atoms with van der Waals surface area (Å²) in [6.07, 6.45) is 3.98. The van der Waals surface area contributed by atoms with Crippen LogP contribution in [0.15, 0.2) is 108 Å². The van der Waals surface area contributed by atoms with Crippen LogP contribution in [-0.4, -0.2) is 38.2 Å². The first-order valence-corrected chi connectivity index (χ1v) is 13.7. The monoisotopic (exact) mass is 585 g/mol. The lowest BCUT2D eigenvalue weighted by Gasteiger charge is -2.29. The van der Waals surface area contributed by atoms with Crippen LogP contribution in [0.25, 0.3) is 11.1 Å². The van der Waals surface area contributed by atoms with Crippen molar-refractivity contribution in [1.29, 1.82) is 0 Å². The van der Waals surface area contributed by atoms with Crippen LogP contribution in [-0.2, 0) is 17.8 Å². The molecule has 218 valence electrons. The topological polar surface area (TPSA) is 61.1 Å². The summed E-state index contributed by atoms with van der Waals surface area (Å²) in [6, 6.07) is 31.1. The predicted octanol–water partition coefficient (Wildman–Crippen LogP) is 7.63. The van der Waals surface area contributed by atoms with Crippen molar-refractivity contribution in [3.8, 4) is 28.4 Å². The van der Waals surface area contributed by atoms with Crippen molar-refractivity contribution in [3.63, 3.8) is 0 Å². The number of benzene rings is 3. The molecule has 0 atom stereocenters. The number of hydrogen-bond donors (Lipinski definition) is 0. The van der Waals surface area contributed by atoms with Crippen LogP contribution in [0.4, 0.5) is 0 Å². The van der Waals surface area contributed by atoms with E-state index in [9.17, 15) is 4.79 Å². The van der Waals surface area contributed by atoms with E-state index < -0.39 is 0 Å². The molecule has 3 aromatic rings. The van der Waals surface area contributed by atoms with Crippen molar-refractivity contribution in [2.45, 2.75) is 25.8 Å². The molecule has 0 unspecified atom stereocenters. The fraction of sp³-hybridized carbons (Fsp3) is 0.229. The number of rotatable bonds is 12. The van der Waals surface area contributed by atoms with Gasteiger partial charge in [0, 0.05) is 55.2 Å². The number of carbonyl (C=O) groups is 1. The molecular formula is C35H36ClNO5. The maximum absolute atomic E-state index is 12.0. The van der Waals surface area contributed by atoms with Gasteiger partial charge in [-0.1, -0.05) is 66.7 Å². The number of nitrogens with zero attached hydrogens (tertiary/aromatic N) is 1. The second-order valence-electron chi connectivity index (χ2n) is 10.1. The molecular weight excluding hydrogens is 550 g/mol. The average Bonchev–Trinajstić information content (AvgIpc) is 3.35. The number of fused-ring (bicyclic) bond motifs is 1. The summed E-state index contributed by atoms with van der Waals surface area (Å²) in [6.45, 7) is 3.61. The number of halogens is 1. The largest absolute Gasteiger partial charge is 0.497 e. The van der Waals surface area contributed by atoms with Crippen LogP contribution < -0.4 is 14.2 Å². The Hall–Kier alpha value is -4.26. The van der Waals surface area contributed by atoms with Crippen molar-refractivity contribution in [1.82, 2.24) is 4.90 Å². The van der Waals surface area contributed by atoms with Gasteiger partial charge in [0.1, 0.15) is 17.2 Å². The van der Waals surface area contributed by atoms with E-state index in [-0.39, 0.29) is 24.3 Å². The number of esters is 1. The molecule has 0 N–H and O–H groups in total. The van der Waals surface area contributed by atoms with Crippen LogP contribution in [0.3, 0.4) is 0 Å². The minimum atomic E-state index is -0.340. The second-order valence-corrected chi connectivity index (χ2v) is 10.1. The molecule has 1 aliphatic carbocycles. The zero-order chi connectivity index (χ0) is 28.6. The molecule has 0 spiro atoms. The average molecular weight is 586 g/mol. The summed E-state index contributed by atoms with van der Waals surface area (Å²) in [7, 11) is 3.34. The van der Waals surface area contributed by atoms with Gasteiger partial charge in [0.05, 0.1) is 26.7 Å². The van der Waals surface area contributed by atoms with Gasteiger partial charge in [-0.3, -0.25) is 9.69 Å². The molecule has 0 saturated heterocycles. The molecule has 2 aliphatic rings. The van der Waals surface area contributed by atoms with Crippen molar-refractivity contribution in [2.24, 2.45) is 0 Å². The fourth-order valence-corrected chi connectivity index (χ4v) is 5.34. The highest BCUT2D eigenvalue weighted by molar-refractivity contribution is 5.85. The molecule has 1 aliphatic heterocycles. The van der Waals surface area contributed by atoms with Crippen LogP contribution in [0.1, 0.15) is 35.1 Å². The number of ether oxygens (including phenoxy) is 3. The predicted molar refractivity (Wildman–Crippen MR) is 167 cm³/mol. The van der Waals surface area contributed by atoms with E-state index in [1.165, 1.54) is 18.1 Å². The van der Waals surface area contributed by atoms with Gasteiger partial charge < -0.3 is 18.6 Å². The molecule has 0 fully saturated rings. The minimum Gasteiger partial charge on any atom is -0.497 e. The summed E-state index contributed by atoms with van der Waals surface area (Å²) in [5, 5.41) is 0. The first-order chi connectivity index (χ1) is 20.1. The molecule has 5 rings (SSSR count). The summed E-state index contributed by atoms with van der Waals surface area (Å²) in [5.74, 6) is 1.96. The van der Waals surface area contributed by atoms with Crippen molar-refractivity contribution < 1.29 is 23.4 Å². The zero-order valence-corrected chi connectivity index (χ0v) is 24.9. The molecule has 0 aromatic heterocycles. The smallest absolute Gasteiger partial charge is 0.308 e. The minimum absolute atomic E-state index is 0. The van der Waals surface area contributed by atoms with E-state index >= 15 is 0 Å². The third-order valence-corrected chi connectivity index (χ3v) is 7.36. The molecule has 42 heavy (non-hydrogen) atoms. The van der Waals surface area contributed by atoms with E-state index in [4.69, 9.17) is 18.6 Å². The van der Waals surface area contributed by atoms with Crippen LogP contribution in [0.5, 0.6) is 17.2 Å². The van der Waals surface area contributed by atoms with E-state index in [0.29, 0.717) is 18.7 Å². The first-order valence-electron chi connectivity index (χ1n) is 13.7. The SMILES string of the molecule is COc1ccc(CN(CCc2cc3coccc-3c2OC(C)=O)CC(c2ccccc2)c2ccccc2)c(OC)c1.Cl. The van der Waals surface area contributed by atoms with Gasteiger partial charge in [-0.05, 0) is 41.3 Å². The van der Waals surface area contributed by atoms with Crippen LogP contribution in [0, 0.1) is 0 Å². The van der Waals surface area contributed by atoms with E-state index in [0.717, 1.165) is 46.8 Å². The van der Waals surface area contributed by atoms with Crippen molar-refractivity contribution in [3.05, 3.63) is 126 Å². The second kappa shape index (κ2) is 14.6. The lowest BCUT2D eigenvalue weighted by molar-refractivity contribution is -0.131. The summed E-state index contributed by atoms with van der Waals surface area (Å²) in [4.78, 5) is 14.4. The van der Waals surface area contributed by atoms with Gasteiger partial charge in [-0.25, -0.2) is 0 Å². The molecule has 0 amide bonds. The van der Waals surface area contributed by atoms with Gasteiger partial charge in [0.25, 0.3) is 0 Å². The van der Waals surface area contributed by atoms with Gasteiger partial charge in [-0.2, -0.15) is 0 Å². The Balaban J connectivity index is 0.00000405. The summed E-state index contributed by atoms with van der Waals surface area (Å²) < 4.78 is 22.3. The molecule has 6 nitrogen and oxygen atoms in total. The Morgan fingerprint density at radius 1 is 0.857 bits per heavy atom. The Kier molecular flexibility index (Phi) is 10.7. The number of methoxy groups -OCH3 is 2. The number of hydrogen-bond acceptors (Lipinski definition) is 6. The summed E-state index contributed by atoms with van der Waals surface area (Å²) in [5.41, 5.74) is 6.34. The van der Waals surface area contributed by atoms with Crippen LogP contribution >= 0.6 is 12.4 Å². The quantitative estimate of drug-likeness (QED) is 0.140. The molecule has 0 saturated carbocycles. The molecule has 0 radical (unpaired) electrons. The Bertz CT molecular complexity index is 1500. The molecule has 0 bridgehead atoms. The Morgan fingerprint density at radius 3 is 2.17 bits per heavy atom. The highest BCUT2D eigenvalue weighted by Gasteiger charge is 2.23. The summed E-state index contributed by atoms with van der Waals surface area (Å²) >= 11 is 0. The van der Waals surface area contributed by atoms with E-state index in [1.54, 1.807) is 26.7 Å². The zero-order valence-electron chi connectivity index (χ0n) is 24.1. The Labute approximate surface area is 253 Å².